The van der Waals surface area contributed by atoms with Crippen LogP contribution in [0.1, 0.15) is 45.8 Å². The molecule has 3 rings (SSSR count). The molecule has 1 aliphatic heterocycles. The van der Waals surface area contributed by atoms with Crippen LogP contribution in [0.2, 0.25) is 0 Å². The summed E-state index contributed by atoms with van der Waals surface area (Å²) >= 11 is 0. The van der Waals surface area contributed by atoms with Crippen molar-refractivity contribution < 1.29 is 14.7 Å². The maximum atomic E-state index is 12.6. The van der Waals surface area contributed by atoms with E-state index >= 15 is 0 Å². The Morgan fingerprint density at radius 2 is 1.78 bits per heavy atom. The van der Waals surface area contributed by atoms with Gasteiger partial charge in [-0.2, -0.15) is 0 Å². The zero-order valence-corrected chi connectivity index (χ0v) is 12.7. The topological polar surface area (TPSA) is 83.4 Å². The van der Waals surface area contributed by atoms with Gasteiger partial charge in [0.15, 0.2) is 5.69 Å². The van der Waals surface area contributed by atoms with E-state index in [1.807, 2.05) is 25.1 Å². The van der Waals surface area contributed by atoms with E-state index in [0.717, 1.165) is 12.6 Å². The third-order valence-electron chi connectivity index (χ3n) is 4.20. The number of amides is 1. The van der Waals surface area contributed by atoms with Crippen molar-refractivity contribution in [2.24, 2.45) is 0 Å². The minimum absolute atomic E-state index is 0.105. The van der Waals surface area contributed by atoms with Crippen LogP contribution in [-0.2, 0) is 0 Å². The van der Waals surface area contributed by atoms with Crippen LogP contribution in [0, 0.1) is 0 Å². The van der Waals surface area contributed by atoms with Crippen molar-refractivity contribution in [1.29, 1.82) is 0 Å². The van der Waals surface area contributed by atoms with Gasteiger partial charge in [0.2, 0.25) is 0 Å². The van der Waals surface area contributed by atoms with Crippen LogP contribution >= 0.6 is 0 Å². The lowest BCUT2D eigenvalue weighted by Crippen LogP contribution is -2.34. The molecule has 2 heterocycles. The van der Waals surface area contributed by atoms with Crippen molar-refractivity contribution in [2.75, 3.05) is 6.54 Å². The summed E-state index contributed by atoms with van der Waals surface area (Å²) in [5, 5.41) is 8.83. The van der Waals surface area contributed by atoms with Crippen molar-refractivity contribution in [2.45, 2.75) is 25.3 Å². The molecule has 2 atom stereocenters. The Kier molecular flexibility index (Phi) is 4.06. The fourth-order valence-corrected chi connectivity index (χ4v) is 2.98. The molecule has 1 saturated heterocycles. The number of aromatic nitrogens is 2. The fourth-order valence-electron chi connectivity index (χ4n) is 2.98. The Balaban J connectivity index is 1.76. The van der Waals surface area contributed by atoms with Crippen molar-refractivity contribution in [3.63, 3.8) is 0 Å². The molecule has 23 heavy (non-hydrogen) atoms. The lowest BCUT2D eigenvalue weighted by molar-refractivity contribution is 0.0684. The number of hydrogen-bond donors (Lipinski definition) is 1. The van der Waals surface area contributed by atoms with E-state index in [0.29, 0.717) is 12.5 Å². The van der Waals surface area contributed by atoms with Gasteiger partial charge >= 0.3 is 5.97 Å². The minimum Gasteiger partial charge on any atom is -0.476 e. The van der Waals surface area contributed by atoms with Crippen molar-refractivity contribution in [3.05, 3.63) is 59.7 Å². The molecule has 1 amide bonds. The summed E-state index contributed by atoms with van der Waals surface area (Å²) in [5.41, 5.74) is 1.23. The number of nitrogens with zero attached hydrogens (tertiary/aromatic N) is 3. The molecule has 2 unspecified atom stereocenters. The molecule has 6 nitrogen and oxygen atoms in total. The molecule has 6 heteroatoms. The third-order valence-corrected chi connectivity index (χ3v) is 4.20. The van der Waals surface area contributed by atoms with E-state index in [-0.39, 0.29) is 23.3 Å². The Labute approximate surface area is 133 Å². The molecule has 2 aromatic rings. The van der Waals surface area contributed by atoms with Gasteiger partial charge in [-0.1, -0.05) is 30.3 Å². The summed E-state index contributed by atoms with van der Waals surface area (Å²) in [7, 11) is 0. The molecule has 1 fully saturated rings. The number of aromatic carboxylic acids is 1. The molecular weight excluding hydrogens is 294 g/mol. The van der Waals surface area contributed by atoms with Crippen LogP contribution in [0.15, 0.2) is 42.7 Å². The van der Waals surface area contributed by atoms with Gasteiger partial charge in [-0.05, 0) is 18.9 Å². The predicted molar refractivity (Wildman–Crippen MR) is 83.3 cm³/mol. The van der Waals surface area contributed by atoms with E-state index in [1.54, 1.807) is 4.90 Å². The van der Waals surface area contributed by atoms with E-state index < -0.39 is 5.97 Å². The standard InChI is InChI=1S/C17H17N3O3/c1-11-7-13(12-5-3-2-4-6-12)10-20(11)16(21)14-8-19-15(9-18-14)17(22)23/h2-6,8-9,11,13H,7,10H2,1H3,(H,22,23). The quantitative estimate of drug-likeness (QED) is 0.939. The van der Waals surface area contributed by atoms with Crippen LogP contribution in [0.25, 0.3) is 0 Å². The fraction of sp³-hybridized carbons (Fsp3) is 0.294. The molecule has 118 valence electrons. The van der Waals surface area contributed by atoms with Gasteiger partial charge in [0.05, 0.1) is 12.4 Å². The molecule has 0 bridgehead atoms. The lowest BCUT2D eigenvalue weighted by atomic mass is 9.97. The molecule has 0 aliphatic carbocycles. The summed E-state index contributed by atoms with van der Waals surface area (Å²) in [6.45, 7) is 2.65. The molecule has 0 spiro atoms. The SMILES string of the molecule is CC1CC(c2ccccc2)CN1C(=O)c1cnc(C(=O)O)cn1. The number of benzene rings is 1. The first-order valence-corrected chi connectivity index (χ1v) is 7.47. The van der Waals surface area contributed by atoms with Crippen molar-refractivity contribution >= 4 is 11.9 Å². The van der Waals surface area contributed by atoms with Crippen LogP contribution in [-0.4, -0.2) is 44.4 Å². The number of likely N-dealkylation sites (tertiary alicyclic amines) is 1. The zero-order chi connectivity index (χ0) is 16.4. The maximum absolute atomic E-state index is 12.6. The number of carbonyl (C=O) groups excluding carboxylic acids is 1. The van der Waals surface area contributed by atoms with Crippen LogP contribution in [0.5, 0.6) is 0 Å². The Morgan fingerprint density at radius 1 is 1.13 bits per heavy atom. The highest BCUT2D eigenvalue weighted by Crippen LogP contribution is 2.32. The van der Waals surface area contributed by atoms with Crippen LogP contribution in [0.4, 0.5) is 0 Å². The van der Waals surface area contributed by atoms with Gasteiger partial charge in [0.1, 0.15) is 5.69 Å². The molecule has 1 aliphatic rings. The average molecular weight is 311 g/mol. The number of hydrogen-bond acceptors (Lipinski definition) is 4. The highest BCUT2D eigenvalue weighted by atomic mass is 16.4. The Bertz CT molecular complexity index is 716. The smallest absolute Gasteiger partial charge is 0.356 e. The van der Waals surface area contributed by atoms with Crippen molar-refractivity contribution in [1.82, 2.24) is 14.9 Å². The van der Waals surface area contributed by atoms with Gasteiger partial charge in [0.25, 0.3) is 5.91 Å². The van der Waals surface area contributed by atoms with Gasteiger partial charge in [-0.3, -0.25) is 4.79 Å². The lowest BCUT2D eigenvalue weighted by Gasteiger charge is -2.20. The second-order valence-corrected chi connectivity index (χ2v) is 5.74. The molecule has 1 N–H and O–H groups in total. The summed E-state index contributed by atoms with van der Waals surface area (Å²) in [4.78, 5) is 32.9. The van der Waals surface area contributed by atoms with Crippen molar-refractivity contribution in [3.8, 4) is 0 Å². The number of carboxylic acids is 1. The highest BCUT2D eigenvalue weighted by molar-refractivity contribution is 5.93. The van der Waals surface area contributed by atoms with E-state index in [1.165, 1.54) is 11.8 Å². The number of carbonyl (C=O) groups is 2. The molecule has 1 aromatic carbocycles. The van der Waals surface area contributed by atoms with Gasteiger partial charge in [-0.25, -0.2) is 14.8 Å². The molecular formula is C17H17N3O3. The van der Waals surface area contributed by atoms with Gasteiger partial charge in [-0.15, -0.1) is 0 Å². The largest absolute Gasteiger partial charge is 0.476 e. The molecule has 0 saturated carbocycles. The molecule has 1 aromatic heterocycles. The Morgan fingerprint density at radius 3 is 2.39 bits per heavy atom. The summed E-state index contributed by atoms with van der Waals surface area (Å²) < 4.78 is 0. The maximum Gasteiger partial charge on any atom is 0.356 e. The predicted octanol–water partition coefficient (Wildman–Crippen LogP) is 2.19. The van der Waals surface area contributed by atoms with E-state index in [2.05, 4.69) is 22.1 Å². The van der Waals surface area contributed by atoms with Crippen LogP contribution in [0.3, 0.4) is 0 Å². The number of rotatable bonds is 3. The Hall–Kier alpha value is -2.76. The first kappa shape index (κ1) is 15.1. The van der Waals surface area contributed by atoms with Crippen LogP contribution < -0.4 is 0 Å². The van der Waals surface area contributed by atoms with Gasteiger partial charge in [0, 0.05) is 18.5 Å². The first-order chi connectivity index (χ1) is 11.1. The average Bonchev–Trinajstić information content (AvgIpc) is 2.97. The van der Waals surface area contributed by atoms with Gasteiger partial charge < -0.3 is 10.0 Å². The monoisotopic (exact) mass is 311 g/mol. The molecule has 0 radical (unpaired) electrons. The zero-order valence-electron chi connectivity index (χ0n) is 12.7. The second kappa shape index (κ2) is 6.16. The number of carboxylic acid groups (broad SMARTS) is 1. The second-order valence-electron chi connectivity index (χ2n) is 5.74. The first-order valence-electron chi connectivity index (χ1n) is 7.47. The van der Waals surface area contributed by atoms with E-state index in [9.17, 15) is 9.59 Å². The summed E-state index contributed by atoms with van der Waals surface area (Å²) in [6.07, 6.45) is 3.25. The minimum atomic E-state index is -1.16. The summed E-state index contributed by atoms with van der Waals surface area (Å²) in [5.74, 6) is -1.06. The highest BCUT2D eigenvalue weighted by Gasteiger charge is 2.34. The van der Waals surface area contributed by atoms with E-state index in [4.69, 9.17) is 5.11 Å². The normalized spacial score (nSPS) is 20.5. The third kappa shape index (κ3) is 3.06. The summed E-state index contributed by atoms with van der Waals surface area (Å²) in [6, 6.07) is 10.2.